The average Bonchev–Trinajstić information content (AvgIpc) is 2.71. The summed E-state index contributed by atoms with van der Waals surface area (Å²) in [6.45, 7) is 3.55. The molecular formula is C21H40O7. The van der Waals surface area contributed by atoms with Crippen LogP contribution in [0.15, 0.2) is 12.7 Å². The highest BCUT2D eigenvalue weighted by molar-refractivity contribution is 4.97. The Morgan fingerprint density at radius 2 is 1.36 bits per heavy atom. The molecule has 0 radical (unpaired) electrons. The molecule has 1 saturated heterocycles. The Morgan fingerprint density at radius 1 is 0.821 bits per heavy atom. The molecule has 0 aromatic rings. The summed E-state index contributed by atoms with van der Waals surface area (Å²) in [7, 11) is 0. The fourth-order valence-corrected chi connectivity index (χ4v) is 3.70. The Balaban J connectivity index is 2.36. The van der Waals surface area contributed by atoms with Crippen molar-refractivity contribution >= 4 is 0 Å². The molecule has 0 aromatic carbocycles. The van der Waals surface area contributed by atoms with E-state index in [-0.39, 0.29) is 13.2 Å². The van der Waals surface area contributed by atoms with Gasteiger partial charge in [-0.2, -0.15) is 0 Å². The summed E-state index contributed by atoms with van der Waals surface area (Å²) in [4.78, 5) is 0. The second-order valence-corrected chi connectivity index (χ2v) is 7.69. The minimum absolute atomic E-state index is 0.133. The zero-order chi connectivity index (χ0) is 20.8. The summed E-state index contributed by atoms with van der Waals surface area (Å²) in [5, 5.41) is 48.7. The van der Waals surface area contributed by atoms with Crippen LogP contribution in [0.25, 0.3) is 0 Å². The third-order valence-electron chi connectivity index (χ3n) is 5.41. The van der Waals surface area contributed by atoms with Crippen LogP contribution in [0, 0.1) is 0 Å². The van der Waals surface area contributed by atoms with Crippen LogP contribution >= 0.6 is 0 Å². The van der Waals surface area contributed by atoms with Gasteiger partial charge in [0.1, 0.15) is 24.4 Å². The Bertz CT molecular complexity index is 404. The van der Waals surface area contributed by atoms with Gasteiger partial charge >= 0.3 is 0 Å². The third kappa shape index (κ3) is 8.06. The molecule has 0 spiro atoms. The predicted molar refractivity (Wildman–Crippen MR) is 107 cm³/mol. The summed E-state index contributed by atoms with van der Waals surface area (Å²) in [5.74, 6) is -1.45. The van der Waals surface area contributed by atoms with Gasteiger partial charge in [-0.05, 0) is 12.8 Å². The maximum atomic E-state index is 10.5. The monoisotopic (exact) mass is 404 g/mol. The highest BCUT2D eigenvalue weighted by Gasteiger charge is 2.53. The van der Waals surface area contributed by atoms with Gasteiger partial charge in [-0.15, -0.1) is 6.58 Å². The number of hydrogen-bond acceptors (Lipinski definition) is 7. The van der Waals surface area contributed by atoms with Gasteiger partial charge < -0.3 is 35.0 Å². The molecule has 1 aliphatic heterocycles. The normalized spacial score (nSPS) is 30.5. The van der Waals surface area contributed by atoms with Crippen LogP contribution in [0.1, 0.15) is 70.6 Å². The molecule has 28 heavy (non-hydrogen) atoms. The van der Waals surface area contributed by atoms with Crippen LogP contribution in [0.3, 0.4) is 0 Å². The highest BCUT2D eigenvalue weighted by atomic mass is 16.7. The predicted octanol–water partition coefficient (Wildman–Crippen LogP) is 1.64. The van der Waals surface area contributed by atoms with Crippen molar-refractivity contribution in [2.45, 2.75) is 101 Å². The van der Waals surface area contributed by atoms with Crippen molar-refractivity contribution in [3.63, 3.8) is 0 Å². The summed E-state index contributed by atoms with van der Waals surface area (Å²) in [5.41, 5.74) is 0. The molecule has 1 unspecified atom stereocenters. The summed E-state index contributed by atoms with van der Waals surface area (Å²) in [6.07, 6.45) is 7.37. The van der Waals surface area contributed by atoms with Crippen LogP contribution < -0.4 is 0 Å². The molecule has 0 aliphatic carbocycles. The summed E-state index contributed by atoms with van der Waals surface area (Å²) >= 11 is 0. The SMILES string of the molecule is C=CCOC1(CCCCCCCCCCCCO)O[C@H](CO)[C@@H](O)[C@H](O)[C@H]1O. The molecule has 1 rings (SSSR count). The minimum atomic E-state index is -1.45. The van der Waals surface area contributed by atoms with Crippen LogP contribution in [0.4, 0.5) is 0 Å². The minimum Gasteiger partial charge on any atom is -0.396 e. The van der Waals surface area contributed by atoms with E-state index < -0.39 is 36.8 Å². The van der Waals surface area contributed by atoms with Crippen molar-refractivity contribution in [2.24, 2.45) is 0 Å². The number of aliphatic hydroxyl groups excluding tert-OH is 5. The number of hydrogen-bond donors (Lipinski definition) is 5. The van der Waals surface area contributed by atoms with Crippen molar-refractivity contribution in [1.29, 1.82) is 0 Å². The lowest BCUT2D eigenvalue weighted by molar-refractivity contribution is -0.364. The molecule has 0 aromatic heterocycles. The smallest absolute Gasteiger partial charge is 0.197 e. The zero-order valence-electron chi connectivity index (χ0n) is 17.0. The van der Waals surface area contributed by atoms with E-state index in [0.29, 0.717) is 6.42 Å². The lowest BCUT2D eigenvalue weighted by Gasteiger charge is -2.48. The van der Waals surface area contributed by atoms with Crippen LogP contribution in [-0.2, 0) is 9.47 Å². The zero-order valence-corrected chi connectivity index (χ0v) is 17.0. The molecule has 1 heterocycles. The Kier molecular flexibility index (Phi) is 13.2. The molecule has 0 bridgehead atoms. The van der Waals surface area contributed by atoms with Crippen LogP contribution in [-0.4, -0.2) is 75.6 Å². The van der Waals surface area contributed by atoms with Gasteiger partial charge in [-0.3, -0.25) is 0 Å². The van der Waals surface area contributed by atoms with Crippen molar-refractivity contribution in [3.8, 4) is 0 Å². The second kappa shape index (κ2) is 14.4. The van der Waals surface area contributed by atoms with Gasteiger partial charge in [0.2, 0.25) is 0 Å². The lowest BCUT2D eigenvalue weighted by atomic mass is 9.89. The molecule has 1 fully saturated rings. The van der Waals surface area contributed by atoms with E-state index in [1.165, 1.54) is 31.8 Å². The Labute approximate surface area is 169 Å². The summed E-state index contributed by atoms with van der Waals surface area (Å²) < 4.78 is 11.4. The highest BCUT2D eigenvalue weighted by Crippen LogP contribution is 2.35. The first-order valence-corrected chi connectivity index (χ1v) is 10.7. The Morgan fingerprint density at radius 3 is 1.86 bits per heavy atom. The van der Waals surface area contributed by atoms with Gasteiger partial charge in [-0.1, -0.05) is 57.4 Å². The average molecular weight is 405 g/mol. The van der Waals surface area contributed by atoms with Gasteiger partial charge in [-0.25, -0.2) is 0 Å². The molecule has 166 valence electrons. The van der Waals surface area contributed by atoms with Gasteiger partial charge in [0, 0.05) is 13.0 Å². The first-order chi connectivity index (χ1) is 13.5. The van der Waals surface area contributed by atoms with E-state index in [1.54, 1.807) is 0 Å². The van der Waals surface area contributed by atoms with E-state index in [1.807, 2.05) is 0 Å². The van der Waals surface area contributed by atoms with Crippen molar-refractivity contribution in [2.75, 3.05) is 19.8 Å². The Hall–Kier alpha value is -0.540. The quantitative estimate of drug-likeness (QED) is 0.196. The lowest BCUT2D eigenvalue weighted by Crippen LogP contribution is -2.66. The molecule has 1 aliphatic rings. The maximum Gasteiger partial charge on any atom is 0.197 e. The van der Waals surface area contributed by atoms with Crippen molar-refractivity contribution < 1.29 is 35.0 Å². The van der Waals surface area contributed by atoms with Gasteiger partial charge in [0.25, 0.3) is 0 Å². The first-order valence-electron chi connectivity index (χ1n) is 10.7. The topological polar surface area (TPSA) is 120 Å². The number of ether oxygens (including phenoxy) is 2. The van der Waals surface area contributed by atoms with Crippen molar-refractivity contribution in [3.05, 3.63) is 12.7 Å². The van der Waals surface area contributed by atoms with Crippen LogP contribution in [0.5, 0.6) is 0 Å². The first kappa shape index (κ1) is 25.5. The fourth-order valence-electron chi connectivity index (χ4n) is 3.70. The molecular weight excluding hydrogens is 364 g/mol. The molecule has 7 heteroatoms. The van der Waals surface area contributed by atoms with Gasteiger partial charge in [0.05, 0.1) is 13.2 Å². The van der Waals surface area contributed by atoms with E-state index in [9.17, 15) is 20.4 Å². The molecule has 0 amide bonds. The largest absolute Gasteiger partial charge is 0.396 e. The maximum absolute atomic E-state index is 10.5. The number of unbranched alkanes of at least 4 members (excludes halogenated alkanes) is 9. The third-order valence-corrected chi connectivity index (χ3v) is 5.41. The number of rotatable bonds is 16. The van der Waals surface area contributed by atoms with Crippen LogP contribution in [0.2, 0.25) is 0 Å². The second-order valence-electron chi connectivity index (χ2n) is 7.69. The van der Waals surface area contributed by atoms with E-state index in [0.717, 1.165) is 38.5 Å². The number of aliphatic hydroxyl groups is 5. The van der Waals surface area contributed by atoms with Crippen molar-refractivity contribution in [1.82, 2.24) is 0 Å². The van der Waals surface area contributed by atoms with E-state index >= 15 is 0 Å². The van der Waals surface area contributed by atoms with E-state index in [2.05, 4.69) is 6.58 Å². The molecule has 5 atom stereocenters. The molecule has 5 N–H and O–H groups in total. The summed E-state index contributed by atoms with van der Waals surface area (Å²) in [6, 6.07) is 0. The standard InChI is InChI=1S/C21H40O7/c1-2-15-27-21(20(26)19(25)18(24)17(16-23)28-21)13-11-9-7-5-3-4-6-8-10-12-14-22/h2,17-20,22-26H,1,3-16H2/t17-,18-,19+,20-,21?/m1/s1. The molecule has 0 saturated carbocycles. The molecule has 7 nitrogen and oxygen atoms in total. The van der Waals surface area contributed by atoms with E-state index in [4.69, 9.17) is 14.6 Å². The van der Waals surface area contributed by atoms with Gasteiger partial charge in [0.15, 0.2) is 5.79 Å². The fraction of sp³-hybridized carbons (Fsp3) is 0.905.